The van der Waals surface area contributed by atoms with Crippen LogP contribution in [-0.4, -0.2) is 70.3 Å². The molecule has 0 aliphatic heterocycles. The fraction of sp³-hybridized carbons (Fsp3) is 0.810. The van der Waals surface area contributed by atoms with E-state index in [0.717, 1.165) is 37.5 Å². The van der Waals surface area contributed by atoms with E-state index in [0.29, 0.717) is 17.7 Å². The van der Waals surface area contributed by atoms with Gasteiger partial charge in [-0.25, -0.2) is 0 Å². The molecule has 0 unspecified atom stereocenters. The standard InChI is InChI=1S/C15H26N2O2S.C4H11N.C2H6/c1-6-17(5)8-10-19-9-7-16-12-11(15(2,3)4)13(18)14(12)20;1-4-5(2)3;1-2/h16H,6-10H2,1-5H3;4H2,1-3H3;1-2H3. The van der Waals surface area contributed by atoms with E-state index in [2.05, 4.69) is 50.1 Å². The Bertz CT molecular complexity index is 558. The highest BCUT2D eigenvalue weighted by atomic mass is 32.1. The van der Waals surface area contributed by atoms with Gasteiger partial charge in [-0.05, 0) is 39.6 Å². The molecular weight excluding hydrogens is 358 g/mol. The van der Waals surface area contributed by atoms with E-state index in [1.165, 1.54) is 0 Å². The van der Waals surface area contributed by atoms with Crippen LogP contribution in [0.15, 0.2) is 4.79 Å². The molecule has 160 valence electrons. The summed E-state index contributed by atoms with van der Waals surface area (Å²) in [5.74, 6) is 0. The molecule has 0 aliphatic carbocycles. The first kappa shape index (κ1) is 28.4. The van der Waals surface area contributed by atoms with Gasteiger partial charge in [0.05, 0.1) is 18.9 Å². The molecule has 0 radical (unpaired) electrons. The minimum absolute atomic E-state index is 0.0143. The summed E-state index contributed by atoms with van der Waals surface area (Å²) in [6.45, 7) is 19.5. The van der Waals surface area contributed by atoms with E-state index in [-0.39, 0.29) is 10.8 Å². The van der Waals surface area contributed by atoms with E-state index in [1.807, 2.05) is 34.6 Å². The minimum Gasteiger partial charge on any atom is -0.381 e. The fourth-order valence-corrected chi connectivity index (χ4v) is 2.28. The van der Waals surface area contributed by atoms with Gasteiger partial charge in [0.15, 0.2) is 0 Å². The Labute approximate surface area is 172 Å². The first-order chi connectivity index (χ1) is 12.6. The lowest BCUT2D eigenvalue weighted by Crippen LogP contribution is -2.31. The number of anilines is 1. The highest BCUT2D eigenvalue weighted by Gasteiger charge is 2.27. The van der Waals surface area contributed by atoms with Gasteiger partial charge >= 0.3 is 0 Å². The molecule has 0 saturated carbocycles. The van der Waals surface area contributed by atoms with Gasteiger partial charge in [-0.3, -0.25) is 4.79 Å². The number of nitrogens with one attached hydrogen (secondary N) is 1. The Hall–Kier alpha value is -0.820. The van der Waals surface area contributed by atoms with Crippen molar-refractivity contribution in [2.75, 3.05) is 65.9 Å². The van der Waals surface area contributed by atoms with E-state index < -0.39 is 0 Å². The van der Waals surface area contributed by atoms with Crippen molar-refractivity contribution < 1.29 is 4.74 Å². The third kappa shape index (κ3) is 11.6. The monoisotopic (exact) mass is 401 g/mol. The second-order valence-corrected chi connectivity index (χ2v) is 7.90. The van der Waals surface area contributed by atoms with Gasteiger partial charge in [0, 0.05) is 18.7 Å². The Morgan fingerprint density at radius 1 is 1.04 bits per heavy atom. The number of hydrogen-bond acceptors (Lipinski definition) is 6. The number of rotatable bonds is 9. The van der Waals surface area contributed by atoms with Crippen molar-refractivity contribution in [2.45, 2.75) is 53.9 Å². The summed E-state index contributed by atoms with van der Waals surface area (Å²) in [5, 5.41) is 3.24. The normalized spacial score (nSPS) is 11.1. The summed E-state index contributed by atoms with van der Waals surface area (Å²) in [6, 6.07) is 0. The van der Waals surface area contributed by atoms with Gasteiger partial charge in [-0.1, -0.05) is 60.7 Å². The van der Waals surface area contributed by atoms with Crippen LogP contribution in [0.4, 0.5) is 5.69 Å². The molecule has 0 aliphatic rings. The Kier molecular flexibility index (Phi) is 15.9. The summed E-state index contributed by atoms with van der Waals surface area (Å²) in [7, 11) is 6.18. The van der Waals surface area contributed by atoms with Crippen molar-refractivity contribution in [3.8, 4) is 0 Å². The van der Waals surface area contributed by atoms with Crippen molar-refractivity contribution in [1.82, 2.24) is 9.80 Å². The highest BCUT2D eigenvalue weighted by Crippen LogP contribution is 2.29. The average Bonchev–Trinajstić information content (AvgIpc) is 2.63. The zero-order valence-corrected chi connectivity index (χ0v) is 20.2. The van der Waals surface area contributed by atoms with E-state index in [9.17, 15) is 4.79 Å². The maximum Gasteiger partial charge on any atom is 0.204 e. The molecule has 1 aromatic rings. The van der Waals surface area contributed by atoms with Gasteiger partial charge in [-0.2, -0.15) is 0 Å². The van der Waals surface area contributed by atoms with Crippen molar-refractivity contribution in [3.63, 3.8) is 0 Å². The molecular formula is C21H43N3O2S. The molecule has 27 heavy (non-hydrogen) atoms. The largest absolute Gasteiger partial charge is 0.381 e. The number of ether oxygens (including phenoxy) is 1. The van der Waals surface area contributed by atoms with Crippen LogP contribution in [0, 0.1) is 4.51 Å². The molecule has 0 atom stereocenters. The first-order valence-corrected chi connectivity index (χ1v) is 10.5. The van der Waals surface area contributed by atoms with Crippen LogP contribution in [0.3, 0.4) is 0 Å². The molecule has 1 rings (SSSR count). The maximum atomic E-state index is 11.8. The van der Waals surface area contributed by atoms with Crippen LogP contribution in [0.5, 0.6) is 0 Å². The topological polar surface area (TPSA) is 44.8 Å². The lowest BCUT2D eigenvalue weighted by molar-refractivity contribution is 0.121. The zero-order valence-electron chi connectivity index (χ0n) is 19.4. The quantitative estimate of drug-likeness (QED) is 0.500. The van der Waals surface area contributed by atoms with Crippen molar-refractivity contribution in [3.05, 3.63) is 20.3 Å². The van der Waals surface area contributed by atoms with Crippen LogP contribution >= 0.6 is 12.2 Å². The van der Waals surface area contributed by atoms with Crippen LogP contribution in [0.2, 0.25) is 0 Å². The lowest BCUT2D eigenvalue weighted by atomic mass is 9.83. The predicted molar refractivity (Wildman–Crippen MR) is 123 cm³/mol. The fourth-order valence-electron chi connectivity index (χ4n) is 2.00. The Balaban J connectivity index is 0. The Morgan fingerprint density at radius 3 is 1.96 bits per heavy atom. The number of likely N-dealkylation sites (N-methyl/N-ethyl adjacent to an activating group) is 1. The number of hydrogen-bond donors (Lipinski definition) is 1. The summed E-state index contributed by atoms with van der Waals surface area (Å²) in [5.41, 5.74) is 1.51. The van der Waals surface area contributed by atoms with Gasteiger partial charge in [0.1, 0.15) is 4.51 Å². The van der Waals surface area contributed by atoms with Crippen LogP contribution in [-0.2, 0) is 10.2 Å². The molecule has 0 spiro atoms. The highest BCUT2D eigenvalue weighted by molar-refractivity contribution is 7.71. The maximum absolute atomic E-state index is 11.8. The molecule has 0 amide bonds. The van der Waals surface area contributed by atoms with Gasteiger partial charge in [0.2, 0.25) is 5.43 Å². The average molecular weight is 402 g/mol. The second kappa shape index (κ2) is 15.1. The summed E-state index contributed by atoms with van der Waals surface area (Å²) in [6.07, 6.45) is 0. The third-order valence-corrected chi connectivity index (χ3v) is 4.39. The summed E-state index contributed by atoms with van der Waals surface area (Å²) in [4.78, 5) is 16.1. The van der Waals surface area contributed by atoms with Crippen LogP contribution in [0.25, 0.3) is 0 Å². The molecule has 0 saturated heterocycles. The molecule has 6 heteroatoms. The molecule has 0 bridgehead atoms. The smallest absolute Gasteiger partial charge is 0.204 e. The Morgan fingerprint density at radius 2 is 1.56 bits per heavy atom. The van der Waals surface area contributed by atoms with Crippen molar-refractivity contribution in [2.24, 2.45) is 0 Å². The molecule has 5 nitrogen and oxygen atoms in total. The molecule has 0 fully saturated rings. The van der Waals surface area contributed by atoms with Gasteiger partial charge in [-0.15, -0.1) is 0 Å². The third-order valence-electron chi connectivity index (χ3n) is 4.00. The molecule has 1 aromatic carbocycles. The lowest BCUT2D eigenvalue weighted by Gasteiger charge is -2.25. The first-order valence-electron chi connectivity index (χ1n) is 10.0. The van der Waals surface area contributed by atoms with Crippen molar-refractivity contribution >= 4 is 17.9 Å². The summed E-state index contributed by atoms with van der Waals surface area (Å²) >= 11 is 5.11. The van der Waals surface area contributed by atoms with E-state index >= 15 is 0 Å². The minimum atomic E-state index is -0.160. The predicted octanol–water partition coefficient (Wildman–Crippen LogP) is 3.92. The van der Waals surface area contributed by atoms with E-state index in [1.54, 1.807) is 0 Å². The summed E-state index contributed by atoms with van der Waals surface area (Å²) < 4.78 is 5.98. The van der Waals surface area contributed by atoms with Gasteiger partial charge < -0.3 is 19.9 Å². The molecule has 1 N–H and O–H groups in total. The SMILES string of the molecule is CC.CCN(C)C.CCN(C)CCOCCNc1c(C(C)(C)C)c(=O)c1=S. The van der Waals surface area contributed by atoms with Gasteiger partial charge in [0.25, 0.3) is 0 Å². The van der Waals surface area contributed by atoms with E-state index in [4.69, 9.17) is 17.0 Å². The van der Waals surface area contributed by atoms with Crippen LogP contribution < -0.4 is 10.7 Å². The molecule has 0 aromatic heterocycles. The zero-order chi connectivity index (χ0) is 21.6. The van der Waals surface area contributed by atoms with Crippen LogP contribution in [0.1, 0.15) is 54.0 Å². The van der Waals surface area contributed by atoms with Crippen molar-refractivity contribution in [1.29, 1.82) is 0 Å². The molecule has 0 heterocycles. The number of nitrogens with zero attached hydrogens (tertiary/aromatic N) is 2. The second-order valence-electron chi connectivity index (χ2n) is 7.49.